The van der Waals surface area contributed by atoms with Crippen molar-refractivity contribution in [3.63, 3.8) is 0 Å². The van der Waals surface area contributed by atoms with E-state index in [0.29, 0.717) is 11.9 Å². The van der Waals surface area contributed by atoms with Crippen LogP contribution in [-0.2, 0) is 6.18 Å². The Morgan fingerprint density at radius 3 is 2.48 bits per heavy atom. The average molecular weight is 383 g/mol. The predicted molar refractivity (Wildman–Crippen MR) is 99.6 cm³/mol. The Morgan fingerprint density at radius 1 is 1.22 bits per heavy atom. The number of hydrazone groups is 1. The number of hydrazine groups is 1. The number of alkyl halides is 3. The van der Waals surface area contributed by atoms with Gasteiger partial charge in [-0.2, -0.15) is 18.3 Å². The second-order valence-corrected chi connectivity index (χ2v) is 7.41. The van der Waals surface area contributed by atoms with E-state index in [1.165, 1.54) is 12.4 Å². The molecule has 27 heavy (non-hydrogen) atoms. The maximum atomic E-state index is 13.1. The number of fused-ring (bicyclic) bond motifs is 1. The molecule has 0 amide bonds. The van der Waals surface area contributed by atoms with Crippen LogP contribution in [0.3, 0.4) is 0 Å². The third-order valence-corrected chi connectivity index (χ3v) is 4.07. The van der Waals surface area contributed by atoms with Gasteiger partial charge in [0.25, 0.3) is 0 Å². The number of nitrogens with zero attached hydrogens (tertiary/aromatic N) is 3. The fourth-order valence-electron chi connectivity index (χ4n) is 2.60. The summed E-state index contributed by atoms with van der Waals surface area (Å²) in [5.41, 5.74) is 2.08. The molecular formula is C17H24F3N7. The van der Waals surface area contributed by atoms with Gasteiger partial charge < -0.3 is 16.6 Å². The van der Waals surface area contributed by atoms with Crippen molar-refractivity contribution in [2.45, 2.75) is 45.8 Å². The molecule has 2 aromatic rings. The Labute approximate surface area is 155 Å². The number of halogens is 3. The van der Waals surface area contributed by atoms with E-state index in [-0.39, 0.29) is 22.5 Å². The van der Waals surface area contributed by atoms with Gasteiger partial charge in [0.2, 0.25) is 0 Å². The van der Waals surface area contributed by atoms with Crippen molar-refractivity contribution >= 4 is 22.6 Å². The highest BCUT2D eigenvalue weighted by atomic mass is 19.4. The van der Waals surface area contributed by atoms with E-state index >= 15 is 0 Å². The standard InChI is InChI=1S/C17H24F3N7/c1-16(2,3)7-6-13(15(26-21)27-22)25-14-11-8-10(17(18,19)20)4-5-12(11)23-9-24-14/h4-5,8-9,13H,6-7,21-22H2,1-3H3,(H,26,27)(H,23,24,25). The summed E-state index contributed by atoms with van der Waals surface area (Å²) in [6.07, 6.45) is -1.79. The van der Waals surface area contributed by atoms with Crippen LogP contribution in [0.15, 0.2) is 29.6 Å². The van der Waals surface area contributed by atoms with Gasteiger partial charge in [0, 0.05) is 5.39 Å². The molecule has 0 aliphatic rings. The van der Waals surface area contributed by atoms with E-state index < -0.39 is 17.8 Å². The molecule has 1 aromatic heterocycles. The number of nitrogens with two attached hydrogens (primary N) is 2. The quantitative estimate of drug-likeness (QED) is 0.273. The first-order valence-electron chi connectivity index (χ1n) is 8.38. The highest BCUT2D eigenvalue weighted by molar-refractivity contribution is 5.94. The van der Waals surface area contributed by atoms with Crippen molar-refractivity contribution in [2.24, 2.45) is 22.2 Å². The molecule has 0 aliphatic heterocycles. The molecule has 1 aromatic carbocycles. The summed E-state index contributed by atoms with van der Waals surface area (Å²) in [5.74, 6) is 11.4. The number of hydrogen-bond acceptors (Lipinski definition) is 6. The zero-order valence-corrected chi connectivity index (χ0v) is 15.4. The first-order valence-corrected chi connectivity index (χ1v) is 8.38. The van der Waals surface area contributed by atoms with Crippen LogP contribution in [0, 0.1) is 5.41 Å². The van der Waals surface area contributed by atoms with Crippen LogP contribution in [0.5, 0.6) is 0 Å². The highest BCUT2D eigenvalue weighted by Gasteiger charge is 2.31. The Balaban J connectivity index is 2.42. The molecule has 1 atom stereocenters. The molecule has 0 fully saturated rings. The molecule has 0 spiro atoms. The van der Waals surface area contributed by atoms with Crippen LogP contribution in [0.25, 0.3) is 10.9 Å². The van der Waals surface area contributed by atoms with Gasteiger partial charge in [-0.15, -0.1) is 0 Å². The molecule has 6 N–H and O–H groups in total. The zero-order valence-electron chi connectivity index (χ0n) is 15.4. The van der Waals surface area contributed by atoms with E-state index in [1.807, 2.05) is 0 Å². The van der Waals surface area contributed by atoms with E-state index in [0.717, 1.165) is 18.6 Å². The largest absolute Gasteiger partial charge is 0.416 e. The van der Waals surface area contributed by atoms with E-state index in [1.54, 1.807) is 0 Å². The lowest BCUT2D eigenvalue weighted by Crippen LogP contribution is -2.44. The van der Waals surface area contributed by atoms with Crippen LogP contribution in [0.2, 0.25) is 0 Å². The van der Waals surface area contributed by atoms with Crippen molar-refractivity contribution in [3.05, 3.63) is 30.1 Å². The summed E-state index contributed by atoms with van der Waals surface area (Å²) in [7, 11) is 0. The second-order valence-electron chi connectivity index (χ2n) is 7.41. The average Bonchev–Trinajstić information content (AvgIpc) is 2.58. The molecule has 0 saturated carbocycles. The molecule has 7 nitrogen and oxygen atoms in total. The Kier molecular flexibility index (Phi) is 6.09. The summed E-state index contributed by atoms with van der Waals surface area (Å²) in [5, 5.41) is 6.99. The number of nitrogens with one attached hydrogen (secondary N) is 2. The van der Waals surface area contributed by atoms with Gasteiger partial charge in [0.1, 0.15) is 12.1 Å². The third kappa shape index (κ3) is 5.43. The van der Waals surface area contributed by atoms with Crippen LogP contribution in [0.1, 0.15) is 39.2 Å². The molecular weight excluding hydrogens is 359 g/mol. The number of benzene rings is 1. The summed E-state index contributed by atoms with van der Waals surface area (Å²) < 4.78 is 39.2. The number of anilines is 1. The van der Waals surface area contributed by atoms with Crippen molar-refractivity contribution in [1.82, 2.24) is 15.4 Å². The van der Waals surface area contributed by atoms with Crippen LogP contribution in [-0.4, -0.2) is 21.8 Å². The van der Waals surface area contributed by atoms with Crippen molar-refractivity contribution < 1.29 is 13.2 Å². The summed E-state index contributed by atoms with van der Waals surface area (Å²) >= 11 is 0. The van der Waals surface area contributed by atoms with E-state index in [2.05, 4.69) is 46.6 Å². The van der Waals surface area contributed by atoms with E-state index in [4.69, 9.17) is 11.7 Å². The maximum absolute atomic E-state index is 13.1. The molecule has 10 heteroatoms. The Bertz CT molecular complexity index is 812. The smallest absolute Gasteiger partial charge is 0.359 e. The lowest BCUT2D eigenvalue weighted by atomic mass is 9.88. The van der Waals surface area contributed by atoms with Gasteiger partial charge in [-0.1, -0.05) is 20.8 Å². The van der Waals surface area contributed by atoms with Crippen LogP contribution >= 0.6 is 0 Å². The molecule has 1 unspecified atom stereocenters. The summed E-state index contributed by atoms with van der Waals surface area (Å²) in [6.45, 7) is 6.23. The highest BCUT2D eigenvalue weighted by Crippen LogP contribution is 2.33. The summed E-state index contributed by atoms with van der Waals surface area (Å²) in [6, 6.07) is 2.87. The third-order valence-electron chi connectivity index (χ3n) is 4.07. The topological polar surface area (TPSA) is 114 Å². The van der Waals surface area contributed by atoms with Crippen molar-refractivity contribution in [2.75, 3.05) is 5.32 Å². The molecule has 0 saturated heterocycles. The molecule has 148 valence electrons. The van der Waals surface area contributed by atoms with Gasteiger partial charge in [-0.3, -0.25) is 0 Å². The minimum absolute atomic E-state index is 0.0332. The zero-order chi connectivity index (χ0) is 20.2. The first-order chi connectivity index (χ1) is 12.5. The minimum atomic E-state index is -4.46. The minimum Gasteiger partial charge on any atom is -0.359 e. The van der Waals surface area contributed by atoms with Crippen LogP contribution < -0.4 is 22.4 Å². The lowest BCUT2D eigenvalue weighted by Gasteiger charge is -2.25. The number of rotatable bonds is 5. The predicted octanol–water partition coefficient (Wildman–Crippen LogP) is 2.99. The van der Waals surface area contributed by atoms with Gasteiger partial charge in [0.05, 0.1) is 17.1 Å². The number of hydrogen-bond donors (Lipinski definition) is 4. The molecule has 1 heterocycles. The Morgan fingerprint density at radius 2 is 1.93 bits per heavy atom. The van der Waals surface area contributed by atoms with Crippen molar-refractivity contribution in [3.8, 4) is 0 Å². The van der Waals surface area contributed by atoms with E-state index in [9.17, 15) is 13.2 Å². The number of aromatic nitrogens is 2. The van der Waals surface area contributed by atoms with Gasteiger partial charge in [-0.25, -0.2) is 15.8 Å². The SMILES string of the molecule is CC(C)(C)CCC(Nc1ncnc2ccc(C(F)(F)F)cc12)/C(=N/N)NN. The molecule has 0 bridgehead atoms. The van der Waals surface area contributed by atoms with Crippen molar-refractivity contribution in [1.29, 1.82) is 0 Å². The summed E-state index contributed by atoms with van der Waals surface area (Å²) in [4.78, 5) is 8.14. The molecule has 0 radical (unpaired) electrons. The fraction of sp³-hybridized carbons (Fsp3) is 0.471. The van der Waals surface area contributed by atoms with Gasteiger partial charge >= 0.3 is 6.18 Å². The first kappa shape index (κ1) is 20.7. The molecule has 0 aliphatic carbocycles. The maximum Gasteiger partial charge on any atom is 0.416 e. The van der Waals surface area contributed by atoms with Crippen LogP contribution in [0.4, 0.5) is 19.0 Å². The number of amidine groups is 1. The van der Waals surface area contributed by atoms with Gasteiger partial charge in [-0.05, 0) is 36.5 Å². The monoisotopic (exact) mass is 383 g/mol. The lowest BCUT2D eigenvalue weighted by molar-refractivity contribution is -0.137. The molecule has 2 rings (SSSR count). The normalized spacial score (nSPS) is 14.3. The second kappa shape index (κ2) is 7.95. The van der Waals surface area contributed by atoms with Gasteiger partial charge in [0.15, 0.2) is 5.84 Å². The fourth-order valence-corrected chi connectivity index (χ4v) is 2.60. The Hall–Kier alpha value is -2.62.